The molecular formula is C18H39Cl2N3O3. The smallest absolute Gasteiger partial charge is 0.303 e. The van der Waals surface area contributed by atoms with Crippen LogP contribution in [0, 0.1) is 0 Å². The SMILES string of the molecule is CC(N)CCCCCCCN(CCC(C)N)C(=O)CCCC(=O)O.Cl.Cl. The lowest BCUT2D eigenvalue weighted by atomic mass is 10.1. The molecule has 0 aromatic heterocycles. The molecule has 0 saturated carbocycles. The van der Waals surface area contributed by atoms with Crippen LogP contribution in [0.1, 0.15) is 78.1 Å². The van der Waals surface area contributed by atoms with Crippen molar-refractivity contribution in [3.63, 3.8) is 0 Å². The Morgan fingerprint density at radius 1 is 0.808 bits per heavy atom. The molecule has 0 radical (unpaired) electrons. The number of hydrogen-bond acceptors (Lipinski definition) is 4. The molecule has 0 rings (SSSR count). The highest BCUT2D eigenvalue weighted by Crippen LogP contribution is 2.09. The van der Waals surface area contributed by atoms with Gasteiger partial charge in [-0.2, -0.15) is 0 Å². The minimum absolute atomic E-state index is 0. The molecule has 0 fully saturated rings. The first kappa shape index (κ1) is 30.2. The first-order chi connectivity index (χ1) is 11.3. The van der Waals surface area contributed by atoms with Crippen molar-refractivity contribution < 1.29 is 14.7 Å². The van der Waals surface area contributed by atoms with Crippen molar-refractivity contribution in [3.05, 3.63) is 0 Å². The Morgan fingerprint density at radius 2 is 1.35 bits per heavy atom. The number of hydrogen-bond donors (Lipinski definition) is 3. The summed E-state index contributed by atoms with van der Waals surface area (Å²) in [5.74, 6) is -0.800. The Labute approximate surface area is 171 Å². The van der Waals surface area contributed by atoms with E-state index >= 15 is 0 Å². The zero-order valence-corrected chi connectivity index (χ0v) is 18.0. The molecule has 0 spiro atoms. The van der Waals surface area contributed by atoms with Crippen LogP contribution >= 0.6 is 24.8 Å². The molecule has 0 aliphatic rings. The van der Waals surface area contributed by atoms with Crippen molar-refractivity contribution in [3.8, 4) is 0 Å². The number of unbranched alkanes of at least 4 members (excludes halogenated alkanes) is 4. The maximum atomic E-state index is 12.3. The highest BCUT2D eigenvalue weighted by Gasteiger charge is 2.14. The number of carbonyl (C=O) groups excluding carboxylic acids is 1. The zero-order valence-electron chi connectivity index (χ0n) is 16.3. The van der Waals surface area contributed by atoms with Gasteiger partial charge in [0, 0.05) is 38.0 Å². The molecule has 0 heterocycles. The van der Waals surface area contributed by atoms with Gasteiger partial charge in [0.2, 0.25) is 5.91 Å². The van der Waals surface area contributed by atoms with Gasteiger partial charge in [-0.05, 0) is 39.5 Å². The summed E-state index contributed by atoms with van der Waals surface area (Å²) in [6, 6.07) is 0.347. The largest absolute Gasteiger partial charge is 0.481 e. The van der Waals surface area contributed by atoms with Crippen molar-refractivity contribution in [1.29, 1.82) is 0 Å². The van der Waals surface area contributed by atoms with Crippen molar-refractivity contribution in [2.45, 2.75) is 90.1 Å². The quantitative estimate of drug-likeness (QED) is 0.355. The Balaban J connectivity index is -0.00000264. The highest BCUT2D eigenvalue weighted by atomic mass is 35.5. The second-order valence-corrected chi connectivity index (χ2v) is 6.93. The van der Waals surface area contributed by atoms with Crippen molar-refractivity contribution >= 4 is 36.7 Å². The van der Waals surface area contributed by atoms with E-state index in [1.54, 1.807) is 0 Å². The molecule has 0 bridgehead atoms. The fourth-order valence-corrected chi connectivity index (χ4v) is 2.57. The van der Waals surface area contributed by atoms with E-state index in [0.29, 0.717) is 19.4 Å². The molecule has 0 aromatic carbocycles. The van der Waals surface area contributed by atoms with Gasteiger partial charge in [0.25, 0.3) is 0 Å². The van der Waals surface area contributed by atoms with E-state index in [2.05, 4.69) is 0 Å². The summed E-state index contributed by atoms with van der Waals surface area (Å²) in [4.78, 5) is 24.7. The Bertz CT molecular complexity index is 357. The minimum atomic E-state index is -0.850. The average Bonchev–Trinajstić information content (AvgIpc) is 2.48. The number of nitrogens with two attached hydrogens (primary N) is 2. The number of carboxylic acid groups (broad SMARTS) is 1. The van der Waals surface area contributed by atoms with Crippen LogP contribution in [0.5, 0.6) is 0 Å². The third kappa shape index (κ3) is 19.8. The average molecular weight is 416 g/mol. The Morgan fingerprint density at radius 3 is 1.88 bits per heavy atom. The predicted molar refractivity (Wildman–Crippen MR) is 112 cm³/mol. The third-order valence-corrected chi connectivity index (χ3v) is 4.08. The number of halogens is 2. The van der Waals surface area contributed by atoms with Crippen LogP contribution in [0.3, 0.4) is 0 Å². The number of amides is 1. The van der Waals surface area contributed by atoms with E-state index in [0.717, 1.165) is 32.2 Å². The van der Waals surface area contributed by atoms with Crippen molar-refractivity contribution in [1.82, 2.24) is 4.90 Å². The molecule has 158 valence electrons. The van der Waals surface area contributed by atoms with Gasteiger partial charge in [-0.15, -0.1) is 24.8 Å². The molecule has 0 aromatic rings. The lowest BCUT2D eigenvalue weighted by molar-refractivity contribution is -0.137. The van der Waals surface area contributed by atoms with E-state index in [1.807, 2.05) is 18.7 Å². The standard InChI is InChI=1S/C18H37N3O3.2ClH/c1-15(19)9-6-4-3-5-7-13-21(14-12-16(2)20)17(22)10-8-11-18(23)24;;/h15-16H,3-14,19-20H2,1-2H3,(H,23,24);2*1H. The first-order valence-electron chi connectivity index (χ1n) is 9.33. The maximum absolute atomic E-state index is 12.3. The van der Waals surface area contributed by atoms with Crippen molar-refractivity contribution in [2.24, 2.45) is 11.5 Å². The molecule has 6 nitrogen and oxygen atoms in total. The number of aliphatic carboxylic acids is 1. The fourth-order valence-electron chi connectivity index (χ4n) is 2.57. The van der Waals surface area contributed by atoms with Crippen LogP contribution in [-0.4, -0.2) is 47.1 Å². The topological polar surface area (TPSA) is 110 Å². The highest BCUT2D eigenvalue weighted by molar-refractivity contribution is 5.85. The maximum Gasteiger partial charge on any atom is 0.303 e. The summed E-state index contributed by atoms with van der Waals surface area (Å²) >= 11 is 0. The van der Waals surface area contributed by atoms with Crippen LogP contribution < -0.4 is 11.5 Å². The first-order valence-corrected chi connectivity index (χ1v) is 9.33. The lowest BCUT2D eigenvalue weighted by Gasteiger charge is -2.23. The molecule has 2 atom stereocenters. The van der Waals surface area contributed by atoms with Gasteiger partial charge in [0.1, 0.15) is 0 Å². The second-order valence-electron chi connectivity index (χ2n) is 6.93. The van der Waals surface area contributed by atoms with Gasteiger partial charge >= 0.3 is 5.97 Å². The normalized spacial score (nSPS) is 12.5. The molecule has 0 aliphatic carbocycles. The molecule has 26 heavy (non-hydrogen) atoms. The van der Waals surface area contributed by atoms with E-state index in [9.17, 15) is 9.59 Å². The molecule has 8 heteroatoms. The zero-order chi connectivity index (χ0) is 18.4. The summed E-state index contributed by atoms with van der Waals surface area (Å²) in [7, 11) is 0. The monoisotopic (exact) mass is 415 g/mol. The van der Waals surface area contributed by atoms with E-state index in [-0.39, 0.29) is 49.2 Å². The predicted octanol–water partition coefficient (Wildman–Crippen LogP) is 3.34. The van der Waals surface area contributed by atoms with Gasteiger partial charge in [-0.25, -0.2) is 0 Å². The molecule has 0 saturated heterocycles. The molecule has 2 unspecified atom stereocenters. The summed E-state index contributed by atoms with van der Waals surface area (Å²) < 4.78 is 0. The molecular weight excluding hydrogens is 377 g/mol. The van der Waals surface area contributed by atoms with Gasteiger partial charge in [-0.1, -0.05) is 25.7 Å². The van der Waals surface area contributed by atoms with E-state index < -0.39 is 5.97 Å². The van der Waals surface area contributed by atoms with Gasteiger partial charge in [0.15, 0.2) is 0 Å². The van der Waals surface area contributed by atoms with Crippen molar-refractivity contribution in [2.75, 3.05) is 13.1 Å². The minimum Gasteiger partial charge on any atom is -0.481 e. The summed E-state index contributed by atoms with van der Waals surface area (Å²) in [5.41, 5.74) is 11.5. The second kappa shape index (κ2) is 19.2. The summed E-state index contributed by atoms with van der Waals surface area (Å²) in [6.07, 6.45) is 8.22. The number of carboxylic acids is 1. The molecule has 1 amide bonds. The molecule has 5 N–H and O–H groups in total. The number of carbonyl (C=O) groups is 2. The van der Waals surface area contributed by atoms with Crippen LogP contribution in [0.2, 0.25) is 0 Å². The Kier molecular flexibility index (Phi) is 22.3. The third-order valence-electron chi connectivity index (χ3n) is 4.08. The number of rotatable bonds is 15. The lowest BCUT2D eigenvalue weighted by Crippen LogP contribution is -2.35. The Hall–Kier alpha value is -0.560. The summed E-state index contributed by atoms with van der Waals surface area (Å²) in [5, 5.41) is 8.67. The number of nitrogens with zero attached hydrogens (tertiary/aromatic N) is 1. The van der Waals surface area contributed by atoms with E-state index in [4.69, 9.17) is 16.6 Å². The van der Waals surface area contributed by atoms with Crippen LogP contribution in [-0.2, 0) is 9.59 Å². The molecule has 0 aliphatic heterocycles. The van der Waals surface area contributed by atoms with E-state index in [1.165, 1.54) is 19.3 Å². The summed E-state index contributed by atoms with van der Waals surface area (Å²) in [6.45, 7) is 5.37. The van der Waals surface area contributed by atoms with Crippen LogP contribution in [0.4, 0.5) is 0 Å². The van der Waals surface area contributed by atoms with Gasteiger partial charge < -0.3 is 21.5 Å². The van der Waals surface area contributed by atoms with Crippen LogP contribution in [0.15, 0.2) is 0 Å². The van der Waals surface area contributed by atoms with Gasteiger partial charge in [-0.3, -0.25) is 9.59 Å². The van der Waals surface area contributed by atoms with Crippen LogP contribution in [0.25, 0.3) is 0 Å². The fraction of sp³-hybridized carbons (Fsp3) is 0.889. The van der Waals surface area contributed by atoms with Gasteiger partial charge in [0.05, 0.1) is 0 Å².